The van der Waals surface area contributed by atoms with Crippen LogP contribution in [0.3, 0.4) is 0 Å². The van der Waals surface area contributed by atoms with E-state index in [1.165, 1.54) is 5.57 Å². The lowest BCUT2D eigenvalue weighted by molar-refractivity contribution is -0.0285. The molecule has 1 nitrogen and oxygen atoms in total. The molecule has 8 atom stereocenters. The van der Waals surface area contributed by atoms with Crippen LogP contribution in [0.1, 0.15) is 67.9 Å². The molecule has 128 valence electrons. The molecule has 0 bridgehead atoms. The van der Waals surface area contributed by atoms with Crippen LogP contribution in [-0.4, -0.2) is 13.3 Å². The fourth-order valence-electron chi connectivity index (χ4n) is 6.62. The van der Waals surface area contributed by atoms with Gasteiger partial charge in [0.2, 0.25) is 0 Å². The molecule has 0 heterocycles. The molecule has 0 aliphatic heterocycles. The molecule has 0 amide bonds. The van der Waals surface area contributed by atoms with E-state index < -0.39 is 12.6 Å². The van der Waals surface area contributed by atoms with E-state index >= 15 is 0 Å². The van der Waals surface area contributed by atoms with Crippen molar-refractivity contribution in [3.8, 4) is 0 Å². The van der Waals surface area contributed by atoms with Crippen molar-refractivity contribution < 1.29 is 11.9 Å². The van der Waals surface area contributed by atoms with Gasteiger partial charge in [-0.2, -0.15) is 0 Å². The highest BCUT2D eigenvalue weighted by Crippen LogP contribution is 2.67. The summed E-state index contributed by atoms with van der Waals surface area (Å²) in [7, 11) is 1.68. The first-order valence-electron chi connectivity index (χ1n) is 10.3. The van der Waals surface area contributed by atoms with Gasteiger partial charge >= 0.3 is 0 Å². The summed E-state index contributed by atoms with van der Waals surface area (Å²) in [6, 6.07) is 0. The predicted octanol–water partition coefficient (Wildman–Crippen LogP) is 5.82. The van der Waals surface area contributed by atoms with E-state index in [1.54, 1.807) is 7.11 Å². The minimum Gasteiger partial charge on any atom is -0.501 e. The van der Waals surface area contributed by atoms with Gasteiger partial charge in [-0.25, -0.2) is 4.39 Å². The number of halogens is 1. The molecule has 3 fully saturated rings. The lowest BCUT2D eigenvalue weighted by atomic mass is 9.46. The quantitative estimate of drug-likeness (QED) is 0.591. The van der Waals surface area contributed by atoms with Crippen molar-refractivity contribution in [2.24, 2.45) is 28.6 Å². The summed E-state index contributed by atoms with van der Waals surface area (Å²) in [6.07, 6.45) is 3.43. The molecule has 0 radical (unpaired) electrons. The van der Waals surface area contributed by atoms with Crippen molar-refractivity contribution >= 4 is 0 Å². The minimum absolute atomic E-state index is 0.00382. The van der Waals surface area contributed by atoms with Gasteiger partial charge in [0, 0.05) is 9.14 Å². The first-order chi connectivity index (χ1) is 11.7. The van der Waals surface area contributed by atoms with Gasteiger partial charge in [-0.05, 0) is 84.7 Å². The number of fused-ring (bicyclic) bond motifs is 5. The Morgan fingerprint density at radius 2 is 2.09 bits per heavy atom. The van der Waals surface area contributed by atoms with Crippen LogP contribution in [0.2, 0.25) is 0 Å². The Labute approximate surface area is 143 Å². The lowest BCUT2D eigenvalue weighted by Crippen LogP contribution is -2.49. The molecule has 4 aliphatic rings. The van der Waals surface area contributed by atoms with Crippen molar-refractivity contribution in [3.05, 3.63) is 23.5 Å². The summed E-state index contributed by atoms with van der Waals surface area (Å²) < 4.78 is 36.9. The molecule has 2 unspecified atom stereocenters. The number of allylic oxidation sites excluding steroid dienone is 3. The third-order valence-electron chi connectivity index (χ3n) is 7.60. The molecule has 0 aromatic carbocycles. The number of hydrogen-bond donors (Lipinski definition) is 0. The molecule has 4 rings (SSSR count). The van der Waals surface area contributed by atoms with E-state index in [0.29, 0.717) is 24.2 Å². The zero-order chi connectivity index (χ0) is 18.1. The maximum Gasteiger partial charge on any atom is 0.101 e. The van der Waals surface area contributed by atoms with Crippen LogP contribution in [0, 0.1) is 28.6 Å². The van der Waals surface area contributed by atoms with Crippen LogP contribution in [0.15, 0.2) is 23.5 Å². The molecule has 2 heteroatoms. The van der Waals surface area contributed by atoms with Gasteiger partial charge in [0.05, 0.1) is 12.9 Å². The highest BCUT2D eigenvalue weighted by Gasteiger charge is 2.59. The second-order valence-corrected chi connectivity index (χ2v) is 8.75. The van der Waals surface area contributed by atoms with E-state index in [0.717, 1.165) is 43.4 Å². The van der Waals surface area contributed by atoms with Crippen LogP contribution in [-0.2, 0) is 4.74 Å². The average molecular weight is 320 g/mol. The topological polar surface area (TPSA) is 9.23 Å². The Kier molecular flexibility index (Phi) is 2.99. The van der Waals surface area contributed by atoms with Crippen molar-refractivity contribution in [3.63, 3.8) is 0 Å². The molecule has 0 aromatic rings. The van der Waals surface area contributed by atoms with Crippen LogP contribution in [0.4, 0.5) is 4.39 Å². The fourth-order valence-corrected chi connectivity index (χ4v) is 6.62. The monoisotopic (exact) mass is 320 g/mol. The van der Waals surface area contributed by atoms with Gasteiger partial charge < -0.3 is 4.74 Å². The SMILES string of the molecule is [2H]C1CC[C@@]2(C)C(=C1OC)C(=C)C[C@@H]1[C@@H]2CC[C@]2(C)C([2H])[C@@H](F)C[C@@H]12. The summed E-state index contributed by atoms with van der Waals surface area (Å²) in [5.41, 5.74) is 2.11. The molecule has 4 aliphatic carbocycles. The maximum absolute atomic E-state index is 14.5. The number of ether oxygens (including phenoxy) is 1. The van der Waals surface area contributed by atoms with E-state index in [-0.39, 0.29) is 17.2 Å². The third kappa shape index (κ3) is 2.09. The molecular formula is C21H31FO. The Morgan fingerprint density at radius 3 is 2.83 bits per heavy atom. The zero-order valence-electron chi connectivity index (χ0n) is 16.7. The average Bonchev–Trinajstić information content (AvgIpc) is 2.80. The summed E-state index contributed by atoms with van der Waals surface area (Å²) in [6.45, 7) is 8.87. The predicted molar refractivity (Wildman–Crippen MR) is 91.7 cm³/mol. The molecule has 0 aromatic heterocycles. The highest BCUT2D eigenvalue weighted by molar-refractivity contribution is 5.42. The summed E-state index contributed by atoms with van der Waals surface area (Å²) in [5, 5.41) is 0. The zero-order valence-corrected chi connectivity index (χ0v) is 14.7. The smallest absolute Gasteiger partial charge is 0.101 e. The molecule has 3 saturated carbocycles. The molecular weight excluding hydrogens is 287 g/mol. The van der Waals surface area contributed by atoms with Crippen molar-refractivity contribution in [1.82, 2.24) is 0 Å². The van der Waals surface area contributed by atoms with E-state index in [2.05, 4.69) is 20.4 Å². The van der Waals surface area contributed by atoms with Gasteiger partial charge in [-0.1, -0.05) is 20.4 Å². The number of rotatable bonds is 1. The number of hydrogen-bond acceptors (Lipinski definition) is 1. The molecule has 23 heavy (non-hydrogen) atoms. The van der Waals surface area contributed by atoms with Crippen molar-refractivity contribution in [2.45, 2.75) is 71.3 Å². The number of alkyl halides is 1. The summed E-state index contributed by atoms with van der Waals surface area (Å²) >= 11 is 0. The molecule has 0 N–H and O–H groups in total. The summed E-state index contributed by atoms with van der Waals surface area (Å²) in [4.78, 5) is 0. The first-order valence-corrected chi connectivity index (χ1v) is 9.19. The normalized spacial score (nSPS) is 57.1. The van der Waals surface area contributed by atoms with E-state index in [1.807, 2.05) is 0 Å². The van der Waals surface area contributed by atoms with Gasteiger partial charge in [-0.15, -0.1) is 0 Å². The maximum atomic E-state index is 14.5. The molecule has 0 saturated heterocycles. The van der Waals surface area contributed by atoms with Crippen molar-refractivity contribution in [2.75, 3.05) is 7.11 Å². The minimum atomic E-state index is -0.981. The van der Waals surface area contributed by atoms with Crippen molar-refractivity contribution in [1.29, 1.82) is 0 Å². The van der Waals surface area contributed by atoms with Gasteiger partial charge in [0.25, 0.3) is 0 Å². The van der Waals surface area contributed by atoms with Crippen LogP contribution in [0.25, 0.3) is 0 Å². The highest BCUT2D eigenvalue weighted by atomic mass is 19.1. The fraction of sp³-hybridized carbons (Fsp3) is 0.810. The van der Waals surface area contributed by atoms with E-state index in [4.69, 9.17) is 7.48 Å². The van der Waals surface area contributed by atoms with E-state index in [9.17, 15) is 4.39 Å². The van der Waals surface area contributed by atoms with Crippen LogP contribution in [0.5, 0.6) is 0 Å². The van der Waals surface area contributed by atoms with Gasteiger partial charge in [0.15, 0.2) is 0 Å². The van der Waals surface area contributed by atoms with Crippen LogP contribution >= 0.6 is 0 Å². The van der Waals surface area contributed by atoms with Crippen LogP contribution < -0.4 is 0 Å². The number of methoxy groups -OCH3 is 1. The third-order valence-corrected chi connectivity index (χ3v) is 7.60. The second kappa shape index (κ2) is 5.10. The molecule has 0 spiro atoms. The Bertz CT molecular complexity index is 631. The standard InChI is InChI=1S/C21H31FO/c1-13-10-15-16(7-9-20(2)12-14(22)11-17(15)20)21(3)8-5-6-18(23-4)19(13)21/h14-17H,1,5-12H2,2-4H3/t14-,15+,16-,17-,20+,21+/m0/s1/i6D,12D/t6?,12?,14-,15+,16-,17-,20+,21+. The first kappa shape index (κ1) is 13.5. The lowest BCUT2D eigenvalue weighted by Gasteiger charge is -2.58. The largest absolute Gasteiger partial charge is 0.501 e. The Balaban J connectivity index is 1.77. The van der Waals surface area contributed by atoms with Gasteiger partial charge in [-0.3, -0.25) is 0 Å². The Morgan fingerprint density at radius 1 is 1.30 bits per heavy atom. The van der Waals surface area contributed by atoms with Gasteiger partial charge in [0.1, 0.15) is 6.17 Å². The second-order valence-electron chi connectivity index (χ2n) is 8.75. The Hall–Kier alpha value is -0.790. The summed E-state index contributed by atoms with van der Waals surface area (Å²) in [5.74, 6) is 2.03.